The molecule has 0 aromatic heterocycles. The SMILES string of the molecule is CC1(C(=O)NCCCCCCC(=O)O)CCCN1. The third-order valence-corrected chi connectivity index (χ3v) is 3.47. The number of carboxylic acid groups (broad SMARTS) is 1. The molecule has 5 heteroatoms. The van der Waals surface area contributed by atoms with Crippen LogP contribution in [0.1, 0.15) is 51.9 Å². The molecule has 1 aliphatic rings. The number of nitrogens with one attached hydrogen (secondary N) is 2. The highest BCUT2D eigenvalue weighted by Gasteiger charge is 2.35. The standard InChI is InChI=1S/C13H24N2O3/c1-13(8-6-10-15-13)12(18)14-9-5-3-2-4-7-11(16)17/h15H,2-10H2,1H3,(H,14,18)(H,16,17). The molecular formula is C13H24N2O3. The first-order chi connectivity index (χ1) is 8.54. The number of carbonyl (C=O) groups is 2. The van der Waals surface area contributed by atoms with Crippen LogP contribution in [0.3, 0.4) is 0 Å². The first-order valence-corrected chi connectivity index (χ1v) is 6.80. The first kappa shape index (κ1) is 15.0. The second kappa shape index (κ2) is 7.36. The Morgan fingerprint density at radius 1 is 1.28 bits per heavy atom. The Morgan fingerprint density at radius 2 is 2.00 bits per heavy atom. The van der Waals surface area contributed by atoms with Crippen molar-refractivity contribution >= 4 is 11.9 Å². The third-order valence-electron chi connectivity index (χ3n) is 3.47. The fraction of sp³-hybridized carbons (Fsp3) is 0.846. The molecule has 1 rings (SSSR count). The van der Waals surface area contributed by atoms with E-state index in [0.29, 0.717) is 6.54 Å². The van der Waals surface area contributed by atoms with Gasteiger partial charge in [-0.2, -0.15) is 0 Å². The summed E-state index contributed by atoms with van der Waals surface area (Å²) in [5.74, 6) is -0.644. The second-order valence-electron chi connectivity index (χ2n) is 5.18. The van der Waals surface area contributed by atoms with Gasteiger partial charge >= 0.3 is 5.97 Å². The molecule has 104 valence electrons. The number of hydrogen-bond acceptors (Lipinski definition) is 3. The van der Waals surface area contributed by atoms with Gasteiger partial charge in [-0.05, 0) is 39.2 Å². The van der Waals surface area contributed by atoms with E-state index >= 15 is 0 Å². The van der Waals surface area contributed by atoms with Crippen LogP contribution in [0, 0.1) is 0 Å². The van der Waals surface area contributed by atoms with Gasteiger partial charge in [-0.25, -0.2) is 0 Å². The molecule has 1 fully saturated rings. The normalized spacial score (nSPS) is 22.9. The fourth-order valence-electron chi connectivity index (χ4n) is 2.24. The molecule has 0 saturated carbocycles. The number of hydrogen-bond donors (Lipinski definition) is 3. The Balaban J connectivity index is 2.00. The average Bonchev–Trinajstić information content (AvgIpc) is 2.75. The number of rotatable bonds is 8. The monoisotopic (exact) mass is 256 g/mol. The predicted molar refractivity (Wildman–Crippen MR) is 69.4 cm³/mol. The summed E-state index contributed by atoms with van der Waals surface area (Å²) in [5, 5.41) is 14.7. The van der Waals surface area contributed by atoms with Crippen LogP contribution in [0.15, 0.2) is 0 Å². The lowest BCUT2D eigenvalue weighted by Gasteiger charge is -2.22. The largest absolute Gasteiger partial charge is 0.481 e. The molecular weight excluding hydrogens is 232 g/mol. The van der Waals surface area contributed by atoms with Crippen molar-refractivity contribution in [2.45, 2.75) is 57.4 Å². The van der Waals surface area contributed by atoms with E-state index in [1.165, 1.54) is 0 Å². The zero-order valence-electron chi connectivity index (χ0n) is 11.1. The number of amides is 1. The van der Waals surface area contributed by atoms with Crippen LogP contribution in [0.4, 0.5) is 0 Å². The van der Waals surface area contributed by atoms with Crippen LogP contribution < -0.4 is 10.6 Å². The van der Waals surface area contributed by atoms with Crippen molar-refractivity contribution in [1.82, 2.24) is 10.6 Å². The molecule has 1 amide bonds. The molecule has 3 N–H and O–H groups in total. The maximum Gasteiger partial charge on any atom is 0.303 e. The van der Waals surface area contributed by atoms with Crippen LogP contribution in [-0.4, -0.2) is 35.6 Å². The predicted octanol–water partition coefficient (Wildman–Crippen LogP) is 1.28. The van der Waals surface area contributed by atoms with Crippen molar-refractivity contribution in [2.24, 2.45) is 0 Å². The molecule has 1 unspecified atom stereocenters. The molecule has 1 saturated heterocycles. The third kappa shape index (κ3) is 5.04. The molecule has 0 aliphatic carbocycles. The topological polar surface area (TPSA) is 78.4 Å². The average molecular weight is 256 g/mol. The summed E-state index contributed by atoms with van der Waals surface area (Å²) in [6.45, 7) is 3.55. The Hall–Kier alpha value is -1.10. The van der Waals surface area contributed by atoms with Gasteiger partial charge in [-0.3, -0.25) is 9.59 Å². The first-order valence-electron chi connectivity index (χ1n) is 6.80. The van der Waals surface area contributed by atoms with Crippen LogP contribution in [-0.2, 0) is 9.59 Å². The smallest absolute Gasteiger partial charge is 0.303 e. The van der Waals surface area contributed by atoms with E-state index in [4.69, 9.17) is 5.11 Å². The molecule has 18 heavy (non-hydrogen) atoms. The minimum atomic E-state index is -0.733. The van der Waals surface area contributed by atoms with Gasteiger partial charge in [0.25, 0.3) is 0 Å². The molecule has 5 nitrogen and oxygen atoms in total. The van der Waals surface area contributed by atoms with E-state index in [0.717, 1.165) is 45.1 Å². The Kier molecular flexibility index (Phi) is 6.12. The van der Waals surface area contributed by atoms with E-state index < -0.39 is 5.97 Å². The maximum absolute atomic E-state index is 11.9. The Labute approximate surface area is 108 Å². The summed E-state index contributed by atoms with van der Waals surface area (Å²) in [6, 6.07) is 0. The van der Waals surface area contributed by atoms with Gasteiger partial charge in [0.15, 0.2) is 0 Å². The highest BCUT2D eigenvalue weighted by atomic mass is 16.4. The zero-order chi connectivity index (χ0) is 13.4. The Bertz CT molecular complexity index is 286. The van der Waals surface area contributed by atoms with E-state index in [1.54, 1.807) is 0 Å². The number of aliphatic carboxylic acids is 1. The molecule has 0 aromatic rings. The molecule has 1 heterocycles. The van der Waals surface area contributed by atoms with Gasteiger partial charge in [-0.15, -0.1) is 0 Å². The zero-order valence-corrected chi connectivity index (χ0v) is 11.1. The van der Waals surface area contributed by atoms with E-state index in [9.17, 15) is 9.59 Å². The van der Waals surface area contributed by atoms with Crippen LogP contribution in [0.5, 0.6) is 0 Å². The molecule has 0 bridgehead atoms. The van der Waals surface area contributed by atoms with Crippen molar-refractivity contribution in [2.75, 3.05) is 13.1 Å². The summed E-state index contributed by atoms with van der Waals surface area (Å²) < 4.78 is 0. The molecule has 0 spiro atoms. The van der Waals surface area contributed by atoms with Gasteiger partial charge in [0.05, 0.1) is 5.54 Å². The summed E-state index contributed by atoms with van der Waals surface area (Å²) in [6.07, 6.45) is 5.73. The lowest BCUT2D eigenvalue weighted by atomic mass is 9.99. The minimum absolute atomic E-state index is 0.0885. The lowest BCUT2D eigenvalue weighted by molar-refractivity contribution is -0.137. The van der Waals surface area contributed by atoms with E-state index in [2.05, 4.69) is 10.6 Å². The van der Waals surface area contributed by atoms with Crippen molar-refractivity contribution in [3.8, 4) is 0 Å². The molecule has 1 aliphatic heterocycles. The molecule has 0 radical (unpaired) electrons. The van der Waals surface area contributed by atoms with Crippen molar-refractivity contribution in [3.05, 3.63) is 0 Å². The summed E-state index contributed by atoms with van der Waals surface area (Å²) in [7, 11) is 0. The summed E-state index contributed by atoms with van der Waals surface area (Å²) in [5.41, 5.74) is -0.386. The van der Waals surface area contributed by atoms with Crippen molar-refractivity contribution < 1.29 is 14.7 Å². The number of carbonyl (C=O) groups excluding carboxylic acids is 1. The maximum atomic E-state index is 11.9. The van der Waals surface area contributed by atoms with Crippen LogP contribution in [0.2, 0.25) is 0 Å². The fourth-order valence-corrected chi connectivity index (χ4v) is 2.24. The van der Waals surface area contributed by atoms with Crippen molar-refractivity contribution in [3.63, 3.8) is 0 Å². The van der Waals surface area contributed by atoms with Gasteiger partial charge < -0.3 is 15.7 Å². The quantitative estimate of drug-likeness (QED) is 0.572. The Morgan fingerprint density at radius 3 is 2.61 bits per heavy atom. The van der Waals surface area contributed by atoms with Gasteiger partial charge in [0, 0.05) is 13.0 Å². The van der Waals surface area contributed by atoms with E-state index in [1.807, 2.05) is 6.92 Å². The second-order valence-corrected chi connectivity index (χ2v) is 5.18. The van der Waals surface area contributed by atoms with Gasteiger partial charge in [0.1, 0.15) is 0 Å². The minimum Gasteiger partial charge on any atom is -0.481 e. The van der Waals surface area contributed by atoms with Crippen molar-refractivity contribution in [1.29, 1.82) is 0 Å². The highest BCUT2D eigenvalue weighted by molar-refractivity contribution is 5.86. The van der Waals surface area contributed by atoms with Gasteiger partial charge in [0.2, 0.25) is 5.91 Å². The highest BCUT2D eigenvalue weighted by Crippen LogP contribution is 2.18. The number of unbranched alkanes of at least 4 members (excludes halogenated alkanes) is 3. The lowest BCUT2D eigenvalue weighted by Crippen LogP contribution is -2.51. The summed E-state index contributed by atoms with van der Waals surface area (Å²) in [4.78, 5) is 22.2. The number of carboxylic acids is 1. The molecule has 0 aromatic carbocycles. The summed E-state index contributed by atoms with van der Waals surface area (Å²) >= 11 is 0. The van der Waals surface area contributed by atoms with Crippen LogP contribution >= 0.6 is 0 Å². The van der Waals surface area contributed by atoms with E-state index in [-0.39, 0.29) is 17.9 Å². The van der Waals surface area contributed by atoms with Gasteiger partial charge in [-0.1, -0.05) is 12.8 Å². The van der Waals surface area contributed by atoms with Crippen LogP contribution in [0.25, 0.3) is 0 Å². The molecule has 1 atom stereocenters.